The van der Waals surface area contributed by atoms with E-state index in [1.807, 2.05) is 0 Å². The fourth-order valence-electron chi connectivity index (χ4n) is 2.00. The molecule has 0 aromatic carbocycles. The first-order valence-electron chi connectivity index (χ1n) is 6.06. The standard InChI is InChI=1S/C13H14N2O4/c1-8(13(18)19)4-3-7-15-11(16)9-5-2-6-14-10(9)12(15)17/h2,5-6,8H,3-4,7H2,1H3,(H,18,19). The van der Waals surface area contributed by atoms with Crippen molar-refractivity contribution in [1.82, 2.24) is 9.88 Å². The number of carbonyl (C=O) groups excluding carboxylic acids is 2. The van der Waals surface area contributed by atoms with Crippen LogP contribution in [0.5, 0.6) is 0 Å². The number of carboxylic acid groups (broad SMARTS) is 1. The van der Waals surface area contributed by atoms with E-state index in [4.69, 9.17) is 5.11 Å². The van der Waals surface area contributed by atoms with Gasteiger partial charge < -0.3 is 5.11 Å². The van der Waals surface area contributed by atoms with Crippen LogP contribution in [-0.2, 0) is 4.79 Å². The second-order valence-corrected chi connectivity index (χ2v) is 4.54. The molecule has 0 bridgehead atoms. The van der Waals surface area contributed by atoms with Crippen molar-refractivity contribution >= 4 is 17.8 Å². The molecule has 1 atom stereocenters. The molecule has 6 heteroatoms. The molecule has 2 amide bonds. The fraction of sp³-hybridized carbons (Fsp3) is 0.385. The highest BCUT2D eigenvalue weighted by Crippen LogP contribution is 2.21. The molecule has 0 fully saturated rings. The number of carbonyl (C=O) groups is 3. The molecule has 0 aliphatic carbocycles. The molecule has 1 aromatic rings. The van der Waals surface area contributed by atoms with Gasteiger partial charge in [0.2, 0.25) is 0 Å². The van der Waals surface area contributed by atoms with E-state index in [2.05, 4.69) is 4.98 Å². The average molecular weight is 262 g/mol. The van der Waals surface area contributed by atoms with Gasteiger partial charge >= 0.3 is 5.97 Å². The minimum absolute atomic E-state index is 0.179. The minimum Gasteiger partial charge on any atom is -0.481 e. The molecular weight excluding hydrogens is 248 g/mol. The summed E-state index contributed by atoms with van der Waals surface area (Å²) in [6.45, 7) is 1.83. The molecule has 6 nitrogen and oxygen atoms in total. The smallest absolute Gasteiger partial charge is 0.306 e. The van der Waals surface area contributed by atoms with Gasteiger partial charge in [0.15, 0.2) is 0 Å². The van der Waals surface area contributed by atoms with Gasteiger partial charge in [-0.3, -0.25) is 24.3 Å². The number of pyridine rings is 1. The second kappa shape index (κ2) is 5.17. The van der Waals surface area contributed by atoms with E-state index in [1.165, 1.54) is 6.20 Å². The topological polar surface area (TPSA) is 87.6 Å². The zero-order chi connectivity index (χ0) is 14.0. The number of aromatic nitrogens is 1. The molecule has 1 aliphatic rings. The average Bonchev–Trinajstić information content (AvgIpc) is 2.64. The third-order valence-electron chi connectivity index (χ3n) is 3.17. The Labute approximate surface area is 110 Å². The van der Waals surface area contributed by atoms with Crippen LogP contribution in [0, 0.1) is 5.92 Å². The molecule has 19 heavy (non-hydrogen) atoms. The molecule has 1 N–H and O–H groups in total. The van der Waals surface area contributed by atoms with Crippen molar-refractivity contribution in [2.45, 2.75) is 19.8 Å². The van der Waals surface area contributed by atoms with Gasteiger partial charge in [-0.25, -0.2) is 0 Å². The molecule has 0 saturated carbocycles. The number of carboxylic acids is 1. The van der Waals surface area contributed by atoms with Gasteiger partial charge in [0, 0.05) is 12.7 Å². The summed E-state index contributed by atoms with van der Waals surface area (Å²) in [5.74, 6) is -2.10. The maximum Gasteiger partial charge on any atom is 0.306 e. The van der Waals surface area contributed by atoms with Crippen LogP contribution in [0.15, 0.2) is 18.3 Å². The number of nitrogens with zero attached hydrogens (tertiary/aromatic N) is 2. The van der Waals surface area contributed by atoms with Gasteiger partial charge in [0.25, 0.3) is 11.8 Å². The Morgan fingerprint density at radius 2 is 2.16 bits per heavy atom. The summed E-state index contributed by atoms with van der Waals surface area (Å²) in [5.41, 5.74) is 0.498. The Bertz CT molecular complexity index is 506. The largest absolute Gasteiger partial charge is 0.481 e. The number of rotatable bonds is 5. The van der Waals surface area contributed by atoms with Gasteiger partial charge in [0.05, 0.1) is 11.5 Å². The lowest BCUT2D eigenvalue weighted by molar-refractivity contribution is -0.141. The fourth-order valence-corrected chi connectivity index (χ4v) is 2.00. The van der Waals surface area contributed by atoms with Crippen molar-refractivity contribution < 1.29 is 19.5 Å². The number of hydrogen-bond donors (Lipinski definition) is 1. The number of fused-ring (bicyclic) bond motifs is 1. The highest BCUT2D eigenvalue weighted by atomic mass is 16.4. The van der Waals surface area contributed by atoms with Crippen LogP contribution in [0.25, 0.3) is 0 Å². The molecule has 0 spiro atoms. The number of aliphatic carboxylic acids is 1. The van der Waals surface area contributed by atoms with Gasteiger partial charge in [-0.15, -0.1) is 0 Å². The summed E-state index contributed by atoms with van der Waals surface area (Å²) < 4.78 is 0. The molecule has 2 heterocycles. The lowest BCUT2D eigenvalue weighted by Crippen LogP contribution is -2.31. The van der Waals surface area contributed by atoms with Crippen LogP contribution in [0.4, 0.5) is 0 Å². The summed E-state index contributed by atoms with van der Waals surface area (Å²) >= 11 is 0. The molecular formula is C13H14N2O4. The first-order valence-corrected chi connectivity index (χ1v) is 6.06. The zero-order valence-corrected chi connectivity index (χ0v) is 10.5. The summed E-state index contributed by atoms with van der Waals surface area (Å²) in [5, 5.41) is 8.76. The van der Waals surface area contributed by atoms with Crippen molar-refractivity contribution in [3.8, 4) is 0 Å². The Hall–Kier alpha value is -2.24. The molecule has 1 aromatic heterocycles. The highest BCUT2D eigenvalue weighted by Gasteiger charge is 2.36. The van der Waals surface area contributed by atoms with E-state index >= 15 is 0 Å². The quantitative estimate of drug-likeness (QED) is 0.805. The third kappa shape index (κ3) is 2.47. The number of amides is 2. The van der Waals surface area contributed by atoms with Crippen LogP contribution in [0.1, 0.15) is 40.6 Å². The second-order valence-electron chi connectivity index (χ2n) is 4.54. The molecule has 0 radical (unpaired) electrons. The summed E-state index contributed by atoms with van der Waals surface area (Å²) in [7, 11) is 0. The Morgan fingerprint density at radius 3 is 2.79 bits per heavy atom. The third-order valence-corrected chi connectivity index (χ3v) is 3.17. The van der Waals surface area contributed by atoms with Crippen molar-refractivity contribution in [1.29, 1.82) is 0 Å². The van der Waals surface area contributed by atoms with Crippen LogP contribution >= 0.6 is 0 Å². The normalized spacial score (nSPS) is 15.5. The van der Waals surface area contributed by atoms with Crippen molar-refractivity contribution in [3.63, 3.8) is 0 Å². The van der Waals surface area contributed by atoms with E-state index in [-0.39, 0.29) is 18.1 Å². The number of hydrogen-bond acceptors (Lipinski definition) is 4. The highest BCUT2D eigenvalue weighted by molar-refractivity contribution is 6.20. The predicted molar refractivity (Wildman–Crippen MR) is 65.6 cm³/mol. The zero-order valence-electron chi connectivity index (χ0n) is 10.5. The van der Waals surface area contributed by atoms with Crippen molar-refractivity contribution in [3.05, 3.63) is 29.6 Å². The van der Waals surface area contributed by atoms with Gasteiger partial charge in [-0.2, -0.15) is 0 Å². The summed E-state index contributed by atoms with van der Waals surface area (Å²) in [4.78, 5) is 39.6. The van der Waals surface area contributed by atoms with Crippen LogP contribution in [0.3, 0.4) is 0 Å². The van der Waals surface area contributed by atoms with Crippen LogP contribution in [0.2, 0.25) is 0 Å². The minimum atomic E-state index is -0.871. The molecule has 1 unspecified atom stereocenters. The number of imide groups is 1. The molecule has 0 saturated heterocycles. The summed E-state index contributed by atoms with van der Waals surface area (Å²) in [6.07, 6.45) is 2.37. The van der Waals surface area contributed by atoms with E-state index in [9.17, 15) is 14.4 Å². The SMILES string of the molecule is CC(CCCN1C(=O)c2cccnc2C1=O)C(=O)O. The first-order chi connectivity index (χ1) is 9.02. The van der Waals surface area contributed by atoms with E-state index in [1.54, 1.807) is 19.1 Å². The van der Waals surface area contributed by atoms with Gasteiger partial charge in [-0.1, -0.05) is 6.92 Å². The van der Waals surface area contributed by atoms with Gasteiger partial charge in [0.1, 0.15) is 5.69 Å². The maximum absolute atomic E-state index is 12.0. The molecule has 2 rings (SSSR count). The Kier molecular flexibility index (Phi) is 3.59. The first kappa shape index (κ1) is 13.2. The maximum atomic E-state index is 12.0. The van der Waals surface area contributed by atoms with Crippen LogP contribution in [-0.4, -0.2) is 39.3 Å². The predicted octanol–water partition coefficient (Wildman–Crippen LogP) is 1.18. The van der Waals surface area contributed by atoms with E-state index < -0.39 is 17.8 Å². The summed E-state index contributed by atoms with van der Waals surface area (Å²) in [6, 6.07) is 3.18. The lowest BCUT2D eigenvalue weighted by Gasteiger charge is -2.14. The van der Waals surface area contributed by atoms with Gasteiger partial charge in [-0.05, 0) is 25.0 Å². The van der Waals surface area contributed by atoms with E-state index in [0.29, 0.717) is 18.4 Å². The van der Waals surface area contributed by atoms with Crippen LogP contribution < -0.4 is 0 Å². The van der Waals surface area contributed by atoms with Crippen molar-refractivity contribution in [2.75, 3.05) is 6.54 Å². The molecule has 1 aliphatic heterocycles. The lowest BCUT2D eigenvalue weighted by atomic mass is 10.1. The van der Waals surface area contributed by atoms with E-state index in [0.717, 1.165) is 4.90 Å². The molecule has 100 valence electrons. The Morgan fingerprint density at radius 1 is 1.42 bits per heavy atom. The monoisotopic (exact) mass is 262 g/mol. The van der Waals surface area contributed by atoms with Crippen molar-refractivity contribution in [2.24, 2.45) is 5.92 Å². The Balaban J connectivity index is 1.99.